The molecular formula is C16H16N2O. The molecule has 0 bridgehead atoms. The molecule has 1 unspecified atom stereocenters. The lowest BCUT2D eigenvalue weighted by Crippen LogP contribution is -2.27. The zero-order chi connectivity index (χ0) is 13.2. The number of fused-ring (bicyclic) bond motifs is 1. The van der Waals surface area contributed by atoms with Crippen LogP contribution in [0.2, 0.25) is 0 Å². The predicted molar refractivity (Wildman–Crippen MR) is 75.5 cm³/mol. The summed E-state index contributed by atoms with van der Waals surface area (Å²) in [5.74, 6) is 2.96. The minimum Gasteiger partial charge on any atom is -0.361 e. The molecule has 3 heteroatoms. The number of carbonyl (C=O) groups is 1. The van der Waals surface area contributed by atoms with Crippen molar-refractivity contribution in [2.24, 2.45) is 5.92 Å². The highest BCUT2D eigenvalue weighted by atomic mass is 16.2. The van der Waals surface area contributed by atoms with Crippen molar-refractivity contribution in [1.82, 2.24) is 9.88 Å². The molecule has 19 heavy (non-hydrogen) atoms. The number of H-pyrrole nitrogens is 1. The summed E-state index contributed by atoms with van der Waals surface area (Å²) in [5, 5.41) is 1.22. The molecule has 1 amide bonds. The number of rotatable bonds is 3. The molecule has 1 saturated heterocycles. The maximum absolute atomic E-state index is 11.8. The smallest absolute Gasteiger partial charge is 0.223 e. The van der Waals surface area contributed by atoms with Crippen molar-refractivity contribution < 1.29 is 4.79 Å². The topological polar surface area (TPSA) is 36.1 Å². The molecule has 1 aromatic heterocycles. The van der Waals surface area contributed by atoms with E-state index in [9.17, 15) is 4.79 Å². The van der Waals surface area contributed by atoms with E-state index in [-0.39, 0.29) is 11.8 Å². The van der Waals surface area contributed by atoms with Gasteiger partial charge in [0.1, 0.15) is 0 Å². The van der Waals surface area contributed by atoms with Crippen LogP contribution < -0.4 is 0 Å². The van der Waals surface area contributed by atoms with E-state index in [0.717, 1.165) is 18.5 Å². The molecule has 0 saturated carbocycles. The van der Waals surface area contributed by atoms with Gasteiger partial charge in [-0.05, 0) is 29.5 Å². The van der Waals surface area contributed by atoms with Gasteiger partial charge < -0.3 is 9.88 Å². The van der Waals surface area contributed by atoms with E-state index in [2.05, 4.69) is 35.2 Å². The minimum absolute atomic E-state index is 0.0957. The van der Waals surface area contributed by atoms with Gasteiger partial charge in [-0.2, -0.15) is 0 Å². The molecule has 0 radical (unpaired) electrons. The van der Waals surface area contributed by atoms with Gasteiger partial charge in [-0.1, -0.05) is 12.1 Å². The molecule has 0 spiro atoms. The first-order valence-corrected chi connectivity index (χ1v) is 6.56. The normalized spacial score (nSPS) is 19.0. The molecule has 1 aromatic carbocycles. The van der Waals surface area contributed by atoms with E-state index in [1.54, 1.807) is 0 Å². The van der Waals surface area contributed by atoms with Gasteiger partial charge in [0.15, 0.2) is 0 Å². The van der Waals surface area contributed by atoms with Crippen LogP contribution >= 0.6 is 0 Å². The molecule has 1 fully saturated rings. The van der Waals surface area contributed by atoms with Crippen molar-refractivity contribution in [3.63, 3.8) is 0 Å². The van der Waals surface area contributed by atoms with Crippen molar-refractivity contribution in [1.29, 1.82) is 0 Å². The van der Waals surface area contributed by atoms with Crippen LogP contribution in [0.25, 0.3) is 10.9 Å². The monoisotopic (exact) mass is 252 g/mol. The molecule has 0 aliphatic carbocycles. The van der Waals surface area contributed by atoms with Gasteiger partial charge in [-0.25, -0.2) is 0 Å². The molecular weight excluding hydrogens is 236 g/mol. The number of aromatic amines is 1. The second kappa shape index (κ2) is 4.81. The summed E-state index contributed by atoms with van der Waals surface area (Å²) in [6, 6.07) is 8.43. The van der Waals surface area contributed by atoms with Crippen molar-refractivity contribution in [3.8, 4) is 12.3 Å². The first-order chi connectivity index (χ1) is 9.26. The van der Waals surface area contributed by atoms with Crippen molar-refractivity contribution in [2.75, 3.05) is 13.1 Å². The highest BCUT2D eigenvalue weighted by Gasteiger charge is 2.27. The second-order valence-corrected chi connectivity index (χ2v) is 5.06. The summed E-state index contributed by atoms with van der Waals surface area (Å²) in [5.41, 5.74) is 2.39. The van der Waals surface area contributed by atoms with Crippen LogP contribution in [0.3, 0.4) is 0 Å². The number of aromatic nitrogens is 1. The Balaban J connectivity index is 1.66. The van der Waals surface area contributed by atoms with E-state index in [1.807, 2.05) is 11.1 Å². The summed E-state index contributed by atoms with van der Waals surface area (Å²) >= 11 is 0. The number of hydrogen-bond donors (Lipinski definition) is 1. The first kappa shape index (κ1) is 11.9. The fourth-order valence-corrected chi connectivity index (χ4v) is 2.61. The van der Waals surface area contributed by atoms with E-state index in [4.69, 9.17) is 6.42 Å². The quantitative estimate of drug-likeness (QED) is 0.835. The lowest BCUT2D eigenvalue weighted by Gasteiger charge is -2.15. The summed E-state index contributed by atoms with van der Waals surface area (Å²) in [7, 11) is 0. The average molecular weight is 252 g/mol. The Kier molecular flexibility index (Phi) is 3.00. The molecule has 2 heterocycles. The fourth-order valence-electron chi connectivity index (χ4n) is 2.61. The highest BCUT2D eigenvalue weighted by Crippen LogP contribution is 2.18. The van der Waals surface area contributed by atoms with E-state index in [1.165, 1.54) is 10.9 Å². The number of hydrogen-bond acceptors (Lipinski definition) is 1. The maximum Gasteiger partial charge on any atom is 0.223 e. The number of amides is 1. The Hall–Kier alpha value is -2.21. The van der Waals surface area contributed by atoms with Crippen LogP contribution in [-0.2, 0) is 11.2 Å². The van der Waals surface area contributed by atoms with Crippen molar-refractivity contribution in [2.45, 2.75) is 12.8 Å². The van der Waals surface area contributed by atoms with Crippen molar-refractivity contribution >= 4 is 16.8 Å². The predicted octanol–water partition coefficient (Wildman–Crippen LogP) is 2.19. The van der Waals surface area contributed by atoms with E-state index < -0.39 is 0 Å². The van der Waals surface area contributed by atoms with Gasteiger partial charge in [0, 0.05) is 37.1 Å². The highest BCUT2D eigenvalue weighted by molar-refractivity contribution is 5.80. The van der Waals surface area contributed by atoms with Crippen LogP contribution in [-0.4, -0.2) is 28.9 Å². The number of terminal acetylenes is 1. The fraction of sp³-hybridized carbons (Fsp3) is 0.312. The zero-order valence-corrected chi connectivity index (χ0v) is 10.7. The molecule has 1 aliphatic heterocycles. The van der Waals surface area contributed by atoms with Gasteiger partial charge in [-0.3, -0.25) is 4.79 Å². The molecule has 3 nitrogen and oxygen atoms in total. The van der Waals surface area contributed by atoms with E-state index >= 15 is 0 Å². The Labute approximate surface area is 112 Å². The molecule has 1 aliphatic rings. The first-order valence-electron chi connectivity index (χ1n) is 6.56. The number of likely N-dealkylation sites (tertiary alicyclic amines) is 1. The Bertz CT molecular complexity index is 650. The second-order valence-electron chi connectivity index (χ2n) is 5.06. The van der Waals surface area contributed by atoms with Gasteiger partial charge in [-0.15, -0.1) is 12.3 Å². The Morgan fingerprint density at radius 2 is 2.32 bits per heavy atom. The maximum atomic E-state index is 11.8. The zero-order valence-electron chi connectivity index (χ0n) is 10.7. The largest absolute Gasteiger partial charge is 0.361 e. The Morgan fingerprint density at radius 1 is 1.42 bits per heavy atom. The number of nitrogens with one attached hydrogen (secondary N) is 1. The SMILES string of the molecule is C#CC1CC(=O)N(CCc2ccc3cc[nH]c3c2)C1. The third kappa shape index (κ3) is 2.34. The van der Waals surface area contributed by atoms with Crippen LogP contribution in [0, 0.1) is 18.3 Å². The molecule has 3 rings (SSSR count). The third-order valence-corrected chi connectivity index (χ3v) is 3.74. The lowest BCUT2D eigenvalue weighted by molar-refractivity contribution is -0.127. The van der Waals surface area contributed by atoms with E-state index in [0.29, 0.717) is 13.0 Å². The number of nitrogens with zero attached hydrogens (tertiary/aromatic N) is 1. The lowest BCUT2D eigenvalue weighted by atomic mass is 10.1. The van der Waals surface area contributed by atoms with Gasteiger partial charge in [0.25, 0.3) is 0 Å². The number of benzene rings is 1. The summed E-state index contributed by atoms with van der Waals surface area (Å²) in [6.45, 7) is 1.46. The standard InChI is InChI=1S/C16H16N2O/c1-2-12-10-16(19)18(11-12)8-6-13-3-4-14-5-7-17-15(14)9-13/h1,3-5,7,9,12,17H,6,8,10-11H2. The van der Waals surface area contributed by atoms with Crippen LogP contribution in [0.5, 0.6) is 0 Å². The summed E-state index contributed by atoms with van der Waals surface area (Å²) in [6.07, 6.45) is 8.70. The van der Waals surface area contributed by atoms with Crippen molar-refractivity contribution in [3.05, 3.63) is 36.0 Å². The molecule has 1 atom stereocenters. The average Bonchev–Trinajstić information content (AvgIpc) is 3.02. The van der Waals surface area contributed by atoms with Crippen LogP contribution in [0.15, 0.2) is 30.5 Å². The molecule has 96 valence electrons. The Morgan fingerprint density at radius 3 is 3.11 bits per heavy atom. The van der Waals surface area contributed by atoms with Gasteiger partial charge in [0.05, 0.1) is 0 Å². The van der Waals surface area contributed by atoms with Gasteiger partial charge in [0.2, 0.25) is 5.91 Å². The third-order valence-electron chi connectivity index (χ3n) is 3.74. The van der Waals surface area contributed by atoms with Gasteiger partial charge >= 0.3 is 0 Å². The minimum atomic E-state index is 0.0957. The summed E-state index contributed by atoms with van der Waals surface area (Å²) in [4.78, 5) is 16.8. The molecule has 1 N–H and O–H groups in total. The molecule has 2 aromatic rings. The number of carbonyl (C=O) groups excluding carboxylic acids is 1. The van der Waals surface area contributed by atoms with Crippen LogP contribution in [0.1, 0.15) is 12.0 Å². The van der Waals surface area contributed by atoms with Crippen LogP contribution in [0.4, 0.5) is 0 Å². The summed E-state index contributed by atoms with van der Waals surface area (Å²) < 4.78 is 0.